The van der Waals surface area contributed by atoms with Crippen molar-refractivity contribution in [3.63, 3.8) is 0 Å². The molecule has 4 nitrogen and oxygen atoms in total. The zero-order valence-corrected chi connectivity index (χ0v) is 10.9. The first-order valence-corrected chi connectivity index (χ1v) is 6.20. The van der Waals surface area contributed by atoms with Crippen LogP contribution < -0.4 is 0 Å². The Kier molecular flexibility index (Phi) is 5.82. The predicted octanol–water partition coefficient (Wildman–Crippen LogP) is 2.47. The summed E-state index contributed by atoms with van der Waals surface area (Å²) in [5, 5.41) is 9.31. The van der Waals surface area contributed by atoms with E-state index in [9.17, 15) is 9.90 Å². The molecular weight excluding hydrogens is 232 g/mol. The van der Waals surface area contributed by atoms with Crippen molar-refractivity contribution in [1.29, 1.82) is 0 Å². The van der Waals surface area contributed by atoms with Crippen LogP contribution in [0.3, 0.4) is 0 Å². The molecule has 0 saturated heterocycles. The van der Waals surface area contributed by atoms with E-state index in [0.717, 1.165) is 5.56 Å². The Morgan fingerprint density at radius 1 is 1.17 bits per heavy atom. The quantitative estimate of drug-likeness (QED) is 0.722. The summed E-state index contributed by atoms with van der Waals surface area (Å²) in [5.41, 5.74) is 1.07. The molecule has 0 aromatic heterocycles. The summed E-state index contributed by atoms with van der Waals surface area (Å²) >= 11 is 0. The van der Waals surface area contributed by atoms with Crippen LogP contribution in [-0.4, -0.2) is 30.1 Å². The highest BCUT2D eigenvalue weighted by Crippen LogP contribution is 2.21. The fourth-order valence-electron chi connectivity index (χ4n) is 1.84. The molecule has 0 amide bonds. The molecule has 1 rings (SSSR count). The first-order chi connectivity index (χ1) is 8.64. The van der Waals surface area contributed by atoms with Gasteiger partial charge in [0.1, 0.15) is 0 Å². The molecule has 0 saturated carbocycles. The van der Waals surface area contributed by atoms with Gasteiger partial charge in [-0.3, -0.25) is 0 Å². The maximum Gasteiger partial charge on any atom is 0.364 e. The number of carbonyl (C=O) groups is 1. The lowest BCUT2D eigenvalue weighted by atomic mass is 10.0. The zero-order valence-electron chi connectivity index (χ0n) is 10.9. The highest BCUT2D eigenvalue weighted by atomic mass is 16.7. The first kappa shape index (κ1) is 14.7. The van der Waals surface area contributed by atoms with Gasteiger partial charge in [-0.25, -0.2) is 4.79 Å². The van der Waals surface area contributed by atoms with Crippen LogP contribution in [0.1, 0.15) is 25.8 Å². The minimum absolute atomic E-state index is 0.300. The molecule has 1 aromatic rings. The van der Waals surface area contributed by atoms with Crippen LogP contribution in [0.4, 0.5) is 0 Å². The maximum atomic E-state index is 11.4. The maximum absolute atomic E-state index is 11.4. The normalized spacial score (nSPS) is 11.4. The number of aliphatic carboxylic acids is 1. The van der Waals surface area contributed by atoms with E-state index in [1.54, 1.807) is 13.8 Å². The van der Waals surface area contributed by atoms with Crippen molar-refractivity contribution in [3.8, 4) is 0 Å². The van der Waals surface area contributed by atoms with Gasteiger partial charge in [0.2, 0.25) is 0 Å². The second-order valence-corrected chi connectivity index (χ2v) is 3.91. The number of rotatable bonds is 8. The Balaban J connectivity index is 2.74. The minimum Gasteiger partial charge on any atom is -0.477 e. The van der Waals surface area contributed by atoms with Gasteiger partial charge in [0.15, 0.2) is 0 Å². The summed E-state index contributed by atoms with van der Waals surface area (Å²) < 4.78 is 10.7. The van der Waals surface area contributed by atoms with Gasteiger partial charge in [0.25, 0.3) is 5.79 Å². The summed E-state index contributed by atoms with van der Waals surface area (Å²) in [6.07, 6.45) is 0.904. The summed E-state index contributed by atoms with van der Waals surface area (Å²) in [6.45, 7) is 4.14. The van der Waals surface area contributed by atoms with Crippen molar-refractivity contribution in [3.05, 3.63) is 35.9 Å². The molecule has 100 valence electrons. The van der Waals surface area contributed by atoms with E-state index < -0.39 is 11.8 Å². The predicted molar refractivity (Wildman–Crippen MR) is 68.4 cm³/mol. The molecule has 1 N–H and O–H groups in total. The zero-order chi connectivity index (χ0) is 13.4. The number of carboxylic acid groups (broad SMARTS) is 1. The number of hydrogen-bond donors (Lipinski definition) is 1. The lowest BCUT2D eigenvalue weighted by molar-refractivity contribution is -0.244. The van der Waals surface area contributed by atoms with E-state index in [-0.39, 0.29) is 0 Å². The summed E-state index contributed by atoms with van der Waals surface area (Å²) in [5.74, 6) is -2.60. The molecular formula is C14H20O4. The van der Waals surface area contributed by atoms with E-state index in [1.165, 1.54) is 0 Å². The number of aryl methyl sites for hydroxylation is 1. The molecule has 18 heavy (non-hydrogen) atoms. The Morgan fingerprint density at radius 3 is 2.17 bits per heavy atom. The molecule has 0 atom stereocenters. The average Bonchev–Trinajstić information content (AvgIpc) is 2.37. The van der Waals surface area contributed by atoms with Crippen molar-refractivity contribution in [2.75, 3.05) is 13.2 Å². The lowest BCUT2D eigenvalue weighted by Gasteiger charge is -2.28. The van der Waals surface area contributed by atoms with Gasteiger partial charge in [0, 0.05) is 19.6 Å². The van der Waals surface area contributed by atoms with Gasteiger partial charge in [0.05, 0.1) is 0 Å². The van der Waals surface area contributed by atoms with E-state index in [0.29, 0.717) is 26.1 Å². The first-order valence-electron chi connectivity index (χ1n) is 6.20. The molecule has 0 aliphatic heterocycles. The standard InChI is InChI=1S/C14H20O4/c1-3-17-14(13(15)16,18-4-2)11-10-12-8-6-5-7-9-12/h5-9H,3-4,10-11H2,1-2H3,(H,15,16). The third-order valence-electron chi connectivity index (χ3n) is 2.67. The molecule has 0 unspecified atom stereocenters. The number of hydrogen-bond acceptors (Lipinski definition) is 3. The molecule has 0 heterocycles. The van der Waals surface area contributed by atoms with Crippen molar-refractivity contribution in [2.45, 2.75) is 32.5 Å². The summed E-state index contributed by atoms with van der Waals surface area (Å²) in [6, 6.07) is 9.71. The fourth-order valence-corrected chi connectivity index (χ4v) is 1.84. The second kappa shape index (κ2) is 7.13. The van der Waals surface area contributed by atoms with E-state index >= 15 is 0 Å². The third-order valence-corrected chi connectivity index (χ3v) is 2.67. The van der Waals surface area contributed by atoms with Crippen molar-refractivity contribution in [2.24, 2.45) is 0 Å². The Morgan fingerprint density at radius 2 is 1.72 bits per heavy atom. The molecule has 0 aliphatic carbocycles. The summed E-state index contributed by atoms with van der Waals surface area (Å²) in [7, 11) is 0. The topological polar surface area (TPSA) is 55.8 Å². The SMILES string of the molecule is CCOC(CCc1ccccc1)(OCC)C(=O)O. The van der Waals surface area contributed by atoms with Gasteiger partial charge in [-0.1, -0.05) is 30.3 Å². The van der Waals surface area contributed by atoms with E-state index in [1.807, 2.05) is 30.3 Å². The Bertz CT molecular complexity index is 355. The number of carboxylic acids is 1. The number of benzene rings is 1. The van der Waals surface area contributed by atoms with Crippen molar-refractivity contribution >= 4 is 5.97 Å². The molecule has 1 aromatic carbocycles. The van der Waals surface area contributed by atoms with Crippen molar-refractivity contribution in [1.82, 2.24) is 0 Å². The molecule has 0 aliphatic rings. The molecule has 0 fully saturated rings. The third kappa shape index (κ3) is 3.82. The lowest BCUT2D eigenvalue weighted by Crippen LogP contribution is -2.45. The fraction of sp³-hybridized carbons (Fsp3) is 0.500. The van der Waals surface area contributed by atoms with E-state index in [4.69, 9.17) is 9.47 Å². The Hall–Kier alpha value is -1.39. The van der Waals surface area contributed by atoms with Crippen LogP contribution in [0.5, 0.6) is 0 Å². The highest BCUT2D eigenvalue weighted by molar-refractivity contribution is 5.75. The molecule has 0 bridgehead atoms. The van der Waals surface area contributed by atoms with Gasteiger partial charge in [-0.2, -0.15) is 0 Å². The molecule has 0 spiro atoms. The van der Waals surface area contributed by atoms with E-state index in [2.05, 4.69) is 0 Å². The monoisotopic (exact) mass is 252 g/mol. The van der Waals surface area contributed by atoms with Gasteiger partial charge < -0.3 is 14.6 Å². The van der Waals surface area contributed by atoms with Crippen LogP contribution in [0.2, 0.25) is 0 Å². The van der Waals surface area contributed by atoms with Crippen LogP contribution in [0.15, 0.2) is 30.3 Å². The van der Waals surface area contributed by atoms with Gasteiger partial charge in [-0.15, -0.1) is 0 Å². The summed E-state index contributed by atoms with van der Waals surface area (Å²) in [4.78, 5) is 11.4. The van der Waals surface area contributed by atoms with Gasteiger partial charge in [-0.05, 0) is 25.8 Å². The molecule has 0 radical (unpaired) electrons. The largest absolute Gasteiger partial charge is 0.477 e. The van der Waals surface area contributed by atoms with Crippen LogP contribution >= 0.6 is 0 Å². The van der Waals surface area contributed by atoms with Crippen LogP contribution in [-0.2, 0) is 20.7 Å². The second-order valence-electron chi connectivity index (χ2n) is 3.91. The minimum atomic E-state index is -1.53. The number of ether oxygens (including phenoxy) is 2. The van der Waals surface area contributed by atoms with Crippen molar-refractivity contribution < 1.29 is 19.4 Å². The Labute approximate surface area is 108 Å². The van der Waals surface area contributed by atoms with Gasteiger partial charge >= 0.3 is 5.97 Å². The van der Waals surface area contributed by atoms with Crippen LogP contribution in [0.25, 0.3) is 0 Å². The smallest absolute Gasteiger partial charge is 0.364 e. The van der Waals surface area contributed by atoms with Crippen LogP contribution in [0, 0.1) is 0 Å². The average molecular weight is 252 g/mol. The highest BCUT2D eigenvalue weighted by Gasteiger charge is 2.40. The molecule has 4 heteroatoms.